The number of hydrogen-bond donors (Lipinski definition) is 7. The lowest BCUT2D eigenvalue weighted by Gasteiger charge is -2.19. The molecule has 0 aliphatic rings. The van der Waals surface area contributed by atoms with Gasteiger partial charge in [-0.05, 0) is 89.6 Å². The maximum absolute atomic E-state index is 13.8. The van der Waals surface area contributed by atoms with E-state index in [1.54, 1.807) is 81.9 Å². The van der Waals surface area contributed by atoms with E-state index in [1.165, 1.54) is 6.20 Å². The number of carbonyl (C=O) groups excluding carboxylic acids is 4. The van der Waals surface area contributed by atoms with Crippen molar-refractivity contribution in [1.29, 1.82) is 0 Å². The van der Waals surface area contributed by atoms with Gasteiger partial charge in [-0.3, -0.25) is 24.0 Å². The molecule has 4 aromatic rings. The summed E-state index contributed by atoms with van der Waals surface area (Å²) in [5.41, 5.74) is 1.51. The van der Waals surface area contributed by atoms with Gasteiger partial charge in [-0.15, -0.1) is 0 Å². The van der Waals surface area contributed by atoms with Crippen LogP contribution in [0.4, 0.5) is 10.7 Å². The van der Waals surface area contributed by atoms with Crippen molar-refractivity contribution in [3.8, 4) is 0 Å². The third kappa shape index (κ3) is 16.3. The summed E-state index contributed by atoms with van der Waals surface area (Å²) >= 11 is 0. The molecule has 0 unspecified atom stereocenters. The molecule has 20 nitrogen and oxygen atoms in total. The van der Waals surface area contributed by atoms with E-state index in [2.05, 4.69) is 36.3 Å². The molecule has 2 aromatic heterocycles. The first-order valence-electron chi connectivity index (χ1n) is 21.7. The first-order chi connectivity index (χ1) is 31.1. The van der Waals surface area contributed by atoms with Crippen LogP contribution in [0, 0.1) is 20.8 Å². The fraction of sp³-hybridized carbons (Fsp3) is 0.489. The maximum atomic E-state index is 13.8. The summed E-state index contributed by atoms with van der Waals surface area (Å²) in [5.74, 6) is -2.44. The van der Waals surface area contributed by atoms with Crippen molar-refractivity contribution in [1.82, 2.24) is 40.1 Å². The van der Waals surface area contributed by atoms with Crippen LogP contribution in [-0.4, -0.2) is 108 Å². The van der Waals surface area contributed by atoms with E-state index in [9.17, 15) is 42.3 Å². The lowest BCUT2D eigenvalue weighted by Crippen LogP contribution is -2.49. The van der Waals surface area contributed by atoms with E-state index >= 15 is 0 Å². The van der Waals surface area contributed by atoms with E-state index in [4.69, 9.17) is 9.47 Å². The number of hydrogen-bond acceptors (Lipinski definition) is 12. The second kappa shape index (κ2) is 24.3. The standard InChI is InChI=1S/C45H63N9O11S/c1-29-23-30(2)40(31(3)24-29)66(62,63)52-35(42(59)60)27-50-41(58)34-28-54(36-25-32(11-12-33(36)39(34)57)26-51-43-48-18-20-53(43)7)19-8-15-46-37(55)13-14-38(56)47-16-9-21-64-22-10-17-49-44(61)65-45(4,5)6/h11-12,18,20,23-25,28,35,52H,8-10,13-17,19,21-22,26-27H2,1-7H3,(H,46,55)(H,47,56)(H,48,51)(H,49,61)(H,50,58)(H,59,60)/t35-/m0/s1. The molecule has 21 heteroatoms. The topological polar surface area (TPSA) is 270 Å². The molecular weight excluding hydrogens is 875 g/mol. The summed E-state index contributed by atoms with van der Waals surface area (Å²) < 4.78 is 43.1. The van der Waals surface area contributed by atoms with Crippen molar-refractivity contribution in [2.75, 3.05) is 44.7 Å². The molecule has 4 rings (SSSR count). The van der Waals surface area contributed by atoms with Gasteiger partial charge in [0.1, 0.15) is 17.2 Å². The largest absolute Gasteiger partial charge is 0.480 e. The van der Waals surface area contributed by atoms with E-state index in [1.807, 2.05) is 18.5 Å². The van der Waals surface area contributed by atoms with Crippen LogP contribution in [0.5, 0.6) is 0 Å². The first kappa shape index (κ1) is 52.3. The normalized spacial score (nSPS) is 12.0. The third-order valence-electron chi connectivity index (χ3n) is 10.00. The van der Waals surface area contributed by atoms with Crippen LogP contribution >= 0.6 is 0 Å². The zero-order valence-corrected chi connectivity index (χ0v) is 39.5. The quantitative estimate of drug-likeness (QED) is 0.0472. The summed E-state index contributed by atoms with van der Waals surface area (Å²) in [5, 5.41) is 24.0. The monoisotopic (exact) mass is 937 g/mol. The summed E-state index contributed by atoms with van der Waals surface area (Å²) in [4.78, 5) is 80.6. The number of aromatic nitrogens is 3. The number of aliphatic carboxylic acids is 1. The van der Waals surface area contributed by atoms with Gasteiger partial charge in [-0.2, -0.15) is 4.72 Å². The van der Waals surface area contributed by atoms with Gasteiger partial charge in [0, 0.05) is 96.3 Å². The Morgan fingerprint density at radius 1 is 0.864 bits per heavy atom. The molecule has 2 heterocycles. The van der Waals surface area contributed by atoms with Gasteiger partial charge in [0.15, 0.2) is 0 Å². The zero-order chi connectivity index (χ0) is 48.6. The second-order valence-corrected chi connectivity index (χ2v) is 18.5. The minimum Gasteiger partial charge on any atom is -0.480 e. The number of rotatable bonds is 25. The molecular formula is C45H63N9O11S. The minimum atomic E-state index is -4.33. The molecule has 1 atom stereocenters. The fourth-order valence-electron chi connectivity index (χ4n) is 6.98. The minimum absolute atomic E-state index is 0.0175. The number of nitrogens with zero attached hydrogens (tertiary/aromatic N) is 3. The molecule has 4 amide bonds. The van der Waals surface area contributed by atoms with Gasteiger partial charge >= 0.3 is 12.1 Å². The molecule has 360 valence electrons. The van der Waals surface area contributed by atoms with Gasteiger partial charge in [0.05, 0.1) is 10.4 Å². The highest BCUT2D eigenvalue weighted by Crippen LogP contribution is 2.22. The lowest BCUT2D eigenvalue weighted by molar-refractivity contribution is -0.138. The van der Waals surface area contributed by atoms with Gasteiger partial charge in [0.25, 0.3) is 5.91 Å². The molecule has 0 aliphatic carbocycles. The lowest BCUT2D eigenvalue weighted by atomic mass is 10.1. The highest BCUT2D eigenvalue weighted by molar-refractivity contribution is 7.89. The Morgan fingerprint density at radius 2 is 1.48 bits per heavy atom. The number of fused-ring (bicyclic) bond motifs is 1. The Morgan fingerprint density at radius 3 is 2.08 bits per heavy atom. The van der Waals surface area contributed by atoms with Crippen molar-refractivity contribution in [2.24, 2.45) is 7.05 Å². The molecule has 7 N–H and O–H groups in total. The Labute approximate surface area is 384 Å². The summed E-state index contributed by atoms with van der Waals surface area (Å²) in [6.45, 7) is 12.2. The smallest absolute Gasteiger partial charge is 0.407 e. The Bertz CT molecular complexity index is 2510. The molecule has 0 aliphatic heterocycles. The van der Waals surface area contributed by atoms with Crippen molar-refractivity contribution >= 4 is 56.7 Å². The number of sulfonamides is 1. The van der Waals surface area contributed by atoms with E-state index in [-0.39, 0.29) is 53.6 Å². The molecule has 0 saturated carbocycles. The summed E-state index contributed by atoms with van der Waals surface area (Å²) in [6, 6.07) is 6.70. The number of amides is 4. The average Bonchev–Trinajstić information content (AvgIpc) is 3.64. The predicted molar refractivity (Wildman–Crippen MR) is 248 cm³/mol. The number of alkyl carbamates (subject to hydrolysis) is 1. The molecule has 0 radical (unpaired) electrons. The molecule has 0 saturated heterocycles. The fourth-order valence-corrected chi connectivity index (χ4v) is 8.62. The van der Waals surface area contributed by atoms with E-state index in [0.717, 1.165) is 11.1 Å². The SMILES string of the molecule is Cc1cc(C)c(S(=O)(=O)N[C@@H](CNC(=O)c2cn(CCCNC(=O)CCC(=O)NCCCOCCCNC(=O)OC(C)(C)C)c3cc(CNc4nccn4C)ccc3c2=O)C(=O)O)c(C)c1. The second-order valence-electron chi connectivity index (χ2n) is 16.9. The number of ether oxygens (including phenoxy) is 2. The third-order valence-corrected chi connectivity index (χ3v) is 11.8. The van der Waals surface area contributed by atoms with Crippen molar-refractivity contribution in [3.05, 3.63) is 87.0 Å². The number of nitrogens with one attached hydrogen (secondary N) is 6. The van der Waals surface area contributed by atoms with Crippen LogP contribution in [0.15, 0.2) is 58.6 Å². The van der Waals surface area contributed by atoms with Crippen molar-refractivity contribution in [2.45, 2.75) is 103 Å². The summed E-state index contributed by atoms with van der Waals surface area (Å²) in [7, 11) is -2.49. The van der Waals surface area contributed by atoms with Gasteiger partial charge < -0.3 is 50.3 Å². The van der Waals surface area contributed by atoms with Gasteiger partial charge in [-0.25, -0.2) is 18.2 Å². The Hall–Kier alpha value is -6.32. The van der Waals surface area contributed by atoms with Crippen LogP contribution in [0.2, 0.25) is 0 Å². The Kier molecular flexibility index (Phi) is 19.2. The number of pyridine rings is 1. The molecule has 2 aromatic carbocycles. The average molecular weight is 938 g/mol. The Balaban J connectivity index is 1.33. The molecule has 66 heavy (non-hydrogen) atoms. The molecule has 0 bridgehead atoms. The van der Waals surface area contributed by atoms with Gasteiger partial charge in [0.2, 0.25) is 33.2 Å². The predicted octanol–water partition coefficient (Wildman–Crippen LogP) is 3.16. The first-order valence-corrected chi connectivity index (χ1v) is 23.2. The van der Waals surface area contributed by atoms with E-state index < -0.39 is 51.6 Å². The highest BCUT2D eigenvalue weighted by Gasteiger charge is 2.29. The van der Waals surface area contributed by atoms with Crippen LogP contribution < -0.4 is 36.7 Å². The number of imidazole rings is 1. The van der Waals surface area contributed by atoms with Crippen LogP contribution in [0.3, 0.4) is 0 Å². The van der Waals surface area contributed by atoms with Crippen molar-refractivity contribution < 1.29 is 47.0 Å². The number of carboxylic acid groups (broad SMARTS) is 1. The number of benzene rings is 2. The number of carboxylic acids is 1. The maximum Gasteiger partial charge on any atom is 0.407 e. The molecule has 0 spiro atoms. The number of carbonyl (C=O) groups is 5. The zero-order valence-electron chi connectivity index (χ0n) is 38.7. The van der Waals surface area contributed by atoms with Crippen molar-refractivity contribution in [3.63, 3.8) is 0 Å². The molecule has 0 fully saturated rings. The summed E-state index contributed by atoms with van der Waals surface area (Å²) in [6.07, 6.45) is 5.80. The number of aryl methyl sites for hydroxylation is 5. The van der Waals surface area contributed by atoms with E-state index in [0.29, 0.717) is 74.7 Å². The highest BCUT2D eigenvalue weighted by atomic mass is 32.2. The van der Waals surface area contributed by atoms with Crippen LogP contribution in [0.25, 0.3) is 10.9 Å². The van der Waals surface area contributed by atoms with Crippen LogP contribution in [0.1, 0.15) is 85.5 Å². The van der Waals surface area contributed by atoms with Crippen LogP contribution in [-0.2, 0) is 54.0 Å². The number of anilines is 1. The van der Waals surface area contributed by atoms with Gasteiger partial charge in [-0.1, -0.05) is 23.8 Å².